The van der Waals surface area contributed by atoms with Gasteiger partial charge in [0.1, 0.15) is 0 Å². The van der Waals surface area contributed by atoms with E-state index in [-0.39, 0.29) is 18.4 Å². The maximum Gasteiger partial charge on any atom is 0.261 e. The highest BCUT2D eigenvalue weighted by molar-refractivity contribution is 7.85. The van der Waals surface area contributed by atoms with Crippen LogP contribution in [0.25, 0.3) is 0 Å². The van der Waals surface area contributed by atoms with Crippen LogP contribution in [0.5, 0.6) is 0 Å². The Labute approximate surface area is 140 Å². The van der Waals surface area contributed by atoms with Crippen LogP contribution < -0.4 is 0 Å². The quantitative estimate of drug-likeness (QED) is 0.749. The van der Waals surface area contributed by atoms with Gasteiger partial charge in [0.2, 0.25) is 0 Å². The van der Waals surface area contributed by atoms with Crippen molar-refractivity contribution >= 4 is 34.0 Å². The molecule has 1 unspecified atom stereocenters. The van der Waals surface area contributed by atoms with Gasteiger partial charge in [0.25, 0.3) is 11.8 Å². The number of fused-ring (bicyclic) bond motifs is 1. The highest BCUT2D eigenvalue weighted by Gasteiger charge is 2.34. The molecule has 0 fully saturated rings. The first-order valence-electron chi connectivity index (χ1n) is 7.27. The number of amides is 2. The molecule has 2 heterocycles. The van der Waals surface area contributed by atoms with Gasteiger partial charge in [0.15, 0.2) is 0 Å². The Bertz CT molecular complexity index is 750. The number of aryl methyl sites for hydroxylation is 2. The van der Waals surface area contributed by atoms with Gasteiger partial charge in [-0.3, -0.25) is 18.7 Å². The van der Waals surface area contributed by atoms with E-state index in [4.69, 9.17) is 0 Å². The number of nitrogens with zero attached hydrogens (tertiary/aromatic N) is 2. The molecule has 1 aliphatic rings. The van der Waals surface area contributed by atoms with Gasteiger partial charge < -0.3 is 0 Å². The first-order valence-corrected chi connectivity index (χ1v) is 9.64. The number of carbonyl (C=O) groups is 2. The summed E-state index contributed by atoms with van der Waals surface area (Å²) in [6, 6.07) is 6.78. The third-order valence-corrected chi connectivity index (χ3v) is 5.79. The summed E-state index contributed by atoms with van der Waals surface area (Å²) in [5, 5.41) is 2.97. The molecule has 2 aromatic rings. The minimum atomic E-state index is -1.08. The molecule has 0 aliphatic carbocycles. The van der Waals surface area contributed by atoms with E-state index in [1.54, 1.807) is 35.6 Å². The van der Waals surface area contributed by atoms with Gasteiger partial charge in [0.05, 0.1) is 21.8 Å². The molecule has 0 bridgehead atoms. The largest absolute Gasteiger partial charge is 0.273 e. The first kappa shape index (κ1) is 16.0. The van der Waals surface area contributed by atoms with E-state index in [0.717, 1.165) is 10.7 Å². The number of hydrogen-bond donors (Lipinski definition) is 0. The Morgan fingerprint density at radius 3 is 2.35 bits per heavy atom. The lowest BCUT2D eigenvalue weighted by Gasteiger charge is -2.13. The third-order valence-electron chi connectivity index (χ3n) is 3.67. The van der Waals surface area contributed by atoms with Crippen LogP contribution in [0.2, 0.25) is 0 Å². The van der Waals surface area contributed by atoms with Crippen LogP contribution in [0.1, 0.15) is 31.4 Å². The second-order valence-electron chi connectivity index (χ2n) is 5.26. The highest BCUT2D eigenvalue weighted by atomic mass is 32.2. The number of imide groups is 1. The molecule has 0 saturated carbocycles. The van der Waals surface area contributed by atoms with Crippen LogP contribution in [-0.2, 0) is 17.2 Å². The molecule has 1 aromatic heterocycles. The fourth-order valence-electron chi connectivity index (χ4n) is 2.48. The summed E-state index contributed by atoms with van der Waals surface area (Å²) in [5.74, 6) is 0.205. The van der Waals surface area contributed by atoms with E-state index in [1.165, 1.54) is 4.90 Å². The van der Waals surface area contributed by atoms with Crippen molar-refractivity contribution < 1.29 is 13.8 Å². The molecule has 1 aromatic carbocycles. The second-order valence-corrected chi connectivity index (χ2v) is 8.02. The number of carbonyl (C=O) groups excluding carboxylic acids is 2. The zero-order valence-corrected chi connectivity index (χ0v) is 14.3. The van der Waals surface area contributed by atoms with Crippen molar-refractivity contribution in [2.45, 2.75) is 13.3 Å². The minimum absolute atomic E-state index is 0.190. The van der Waals surface area contributed by atoms with E-state index in [1.807, 2.05) is 12.3 Å². The summed E-state index contributed by atoms with van der Waals surface area (Å²) < 4.78 is 12.1. The molecule has 0 N–H and O–H groups in total. The number of hydrogen-bond acceptors (Lipinski definition) is 5. The number of thiazole rings is 1. The van der Waals surface area contributed by atoms with Crippen molar-refractivity contribution in [3.05, 3.63) is 51.5 Å². The highest BCUT2D eigenvalue weighted by Crippen LogP contribution is 2.22. The van der Waals surface area contributed by atoms with E-state index >= 15 is 0 Å². The van der Waals surface area contributed by atoms with Crippen molar-refractivity contribution in [3.63, 3.8) is 0 Å². The average molecular weight is 348 g/mol. The molecule has 1 atom stereocenters. The van der Waals surface area contributed by atoms with Crippen molar-refractivity contribution in [2.24, 2.45) is 0 Å². The summed E-state index contributed by atoms with van der Waals surface area (Å²) >= 11 is 1.58. The van der Waals surface area contributed by atoms with Gasteiger partial charge in [-0.05, 0) is 19.1 Å². The van der Waals surface area contributed by atoms with Crippen LogP contribution in [0.15, 0.2) is 29.6 Å². The van der Waals surface area contributed by atoms with Crippen molar-refractivity contribution in [2.75, 3.05) is 18.1 Å². The molecule has 1 aliphatic heterocycles. The zero-order valence-electron chi connectivity index (χ0n) is 12.7. The normalized spacial score (nSPS) is 15.1. The smallest absolute Gasteiger partial charge is 0.261 e. The van der Waals surface area contributed by atoms with E-state index < -0.39 is 10.8 Å². The third kappa shape index (κ3) is 3.40. The molecule has 0 radical (unpaired) electrons. The molecule has 0 saturated heterocycles. The lowest BCUT2D eigenvalue weighted by molar-refractivity contribution is 0.0664. The summed E-state index contributed by atoms with van der Waals surface area (Å²) in [7, 11) is -1.08. The number of rotatable bonds is 6. The van der Waals surface area contributed by atoms with Crippen LogP contribution in [0, 0.1) is 6.92 Å². The Kier molecular flexibility index (Phi) is 4.68. The maximum atomic E-state index is 12.2. The molecule has 120 valence electrons. The minimum Gasteiger partial charge on any atom is -0.273 e. The molecule has 23 heavy (non-hydrogen) atoms. The van der Waals surface area contributed by atoms with Gasteiger partial charge in [-0.1, -0.05) is 12.1 Å². The zero-order chi connectivity index (χ0) is 16.4. The topological polar surface area (TPSA) is 67.3 Å². The molecule has 5 nitrogen and oxygen atoms in total. The summed E-state index contributed by atoms with van der Waals surface area (Å²) in [5.41, 5.74) is 1.81. The van der Waals surface area contributed by atoms with Crippen molar-refractivity contribution in [1.82, 2.24) is 9.88 Å². The van der Waals surface area contributed by atoms with Crippen LogP contribution >= 0.6 is 11.3 Å². The summed E-state index contributed by atoms with van der Waals surface area (Å²) in [4.78, 5) is 29.9. The Morgan fingerprint density at radius 2 is 1.78 bits per heavy atom. The summed E-state index contributed by atoms with van der Waals surface area (Å²) in [6.07, 6.45) is 0.652. The molecule has 2 amide bonds. The molecule has 3 rings (SSSR count). The second kappa shape index (κ2) is 6.72. The lowest BCUT2D eigenvalue weighted by Crippen LogP contribution is -2.33. The van der Waals surface area contributed by atoms with Crippen LogP contribution in [0.4, 0.5) is 0 Å². The fourth-order valence-corrected chi connectivity index (χ4v) is 4.15. The Hall–Kier alpha value is -1.86. The molecule has 0 spiro atoms. The van der Waals surface area contributed by atoms with Crippen LogP contribution in [0.3, 0.4) is 0 Å². The van der Waals surface area contributed by atoms with Gasteiger partial charge >= 0.3 is 0 Å². The van der Waals surface area contributed by atoms with E-state index in [2.05, 4.69) is 4.98 Å². The molecular weight excluding hydrogens is 332 g/mol. The fraction of sp³-hybridized carbons (Fsp3) is 0.312. The SMILES string of the molecule is Cc1nc(CCS(=O)CCN2C(=O)c3ccccc3C2=O)cs1. The average Bonchev–Trinajstić information content (AvgIpc) is 3.07. The van der Waals surface area contributed by atoms with Crippen molar-refractivity contribution in [3.8, 4) is 0 Å². The van der Waals surface area contributed by atoms with Crippen LogP contribution in [-0.4, -0.2) is 44.0 Å². The van der Waals surface area contributed by atoms with Gasteiger partial charge in [-0.15, -0.1) is 11.3 Å². The van der Waals surface area contributed by atoms with Gasteiger partial charge in [-0.25, -0.2) is 4.98 Å². The van der Waals surface area contributed by atoms with E-state index in [9.17, 15) is 13.8 Å². The first-order chi connectivity index (χ1) is 11.1. The van der Waals surface area contributed by atoms with Crippen molar-refractivity contribution in [1.29, 1.82) is 0 Å². The molecule has 7 heteroatoms. The lowest BCUT2D eigenvalue weighted by atomic mass is 10.1. The standard InChI is InChI=1S/C16H16N2O3S2/c1-11-17-12(10-22-11)6-8-23(21)9-7-18-15(19)13-4-2-3-5-14(13)16(18)20/h2-5,10H,6-9H2,1H3. The van der Waals surface area contributed by atoms with E-state index in [0.29, 0.717) is 29.1 Å². The van der Waals surface area contributed by atoms with Gasteiger partial charge in [-0.2, -0.15) is 0 Å². The number of benzene rings is 1. The predicted molar refractivity (Wildman–Crippen MR) is 90.2 cm³/mol. The number of aromatic nitrogens is 1. The Balaban J connectivity index is 1.54. The maximum absolute atomic E-state index is 12.2. The monoisotopic (exact) mass is 348 g/mol. The van der Waals surface area contributed by atoms with Gasteiger partial charge in [0, 0.05) is 40.7 Å². The summed E-state index contributed by atoms with van der Waals surface area (Å²) in [6.45, 7) is 2.13. The molecular formula is C16H16N2O3S2. The predicted octanol–water partition coefficient (Wildman–Crippen LogP) is 2.04. The Morgan fingerprint density at radius 1 is 1.13 bits per heavy atom.